The highest BCUT2D eigenvalue weighted by atomic mass is 32.2. The fraction of sp³-hybridized carbons (Fsp3) is 0.300. The molecule has 10 heteroatoms. The van der Waals surface area contributed by atoms with Gasteiger partial charge < -0.3 is 15.4 Å². The van der Waals surface area contributed by atoms with Gasteiger partial charge in [0.2, 0.25) is 15.9 Å². The average Bonchev–Trinajstić information content (AvgIpc) is 2.69. The number of hydrogen-bond donors (Lipinski definition) is 3. The predicted molar refractivity (Wildman–Crippen MR) is 115 cm³/mol. The lowest BCUT2D eigenvalue weighted by Gasteiger charge is -2.25. The van der Waals surface area contributed by atoms with Crippen LogP contribution >= 0.6 is 0 Å². The maximum atomic E-state index is 12.4. The molecule has 160 valence electrons. The molecule has 9 nitrogen and oxygen atoms in total. The van der Waals surface area contributed by atoms with E-state index in [-0.39, 0.29) is 11.8 Å². The van der Waals surface area contributed by atoms with Crippen LogP contribution in [0.4, 0.5) is 17.1 Å². The van der Waals surface area contributed by atoms with Crippen molar-refractivity contribution in [3.63, 3.8) is 0 Å². The first-order valence-electron chi connectivity index (χ1n) is 9.38. The average molecular weight is 433 g/mol. The molecular formula is C20H24N4O5S. The predicted octanol–water partition coefficient (Wildman–Crippen LogP) is 1.58. The van der Waals surface area contributed by atoms with Gasteiger partial charge in [0.05, 0.1) is 26.0 Å². The number of amides is 2. The van der Waals surface area contributed by atoms with E-state index >= 15 is 0 Å². The van der Waals surface area contributed by atoms with Gasteiger partial charge in [-0.15, -0.1) is 0 Å². The first-order chi connectivity index (χ1) is 14.3. The van der Waals surface area contributed by atoms with Crippen LogP contribution < -0.4 is 15.4 Å². The Bertz CT molecular complexity index is 985. The third-order valence-corrected chi connectivity index (χ3v) is 4.95. The van der Waals surface area contributed by atoms with Crippen molar-refractivity contribution in [3.05, 3.63) is 54.1 Å². The Morgan fingerprint density at radius 3 is 2.00 bits per heavy atom. The van der Waals surface area contributed by atoms with Crippen LogP contribution in [0.1, 0.15) is 10.4 Å². The molecule has 0 unspecified atom stereocenters. The van der Waals surface area contributed by atoms with Gasteiger partial charge in [0.1, 0.15) is 0 Å². The summed E-state index contributed by atoms with van der Waals surface area (Å²) in [6.07, 6.45) is 1.06. The van der Waals surface area contributed by atoms with Crippen LogP contribution in [0.3, 0.4) is 0 Å². The zero-order valence-electron chi connectivity index (χ0n) is 16.6. The molecule has 30 heavy (non-hydrogen) atoms. The molecule has 1 aliphatic heterocycles. The lowest BCUT2D eigenvalue weighted by Crippen LogP contribution is -2.41. The van der Waals surface area contributed by atoms with E-state index in [1.807, 2.05) is 4.90 Å². The molecule has 1 saturated heterocycles. The summed E-state index contributed by atoms with van der Waals surface area (Å²) in [5, 5.41) is 5.60. The van der Waals surface area contributed by atoms with E-state index in [0.717, 1.165) is 19.3 Å². The minimum absolute atomic E-state index is 0.100. The van der Waals surface area contributed by atoms with Crippen LogP contribution in [0.2, 0.25) is 0 Å². The third kappa shape index (κ3) is 6.83. The summed E-state index contributed by atoms with van der Waals surface area (Å²) in [4.78, 5) is 26.5. The van der Waals surface area contributed by atoms with Gasteiger partial charge in [0.15, 0.2) is 0 Å². The van der Waals surface area contributed by atoms with Crippen LogP contribution in [-0.2, 0) is 19.6 Å². The van der Waals surface area contributed by atoms with E-state index in [1.54, 1.807) is 24.3 Å². The summed E-state index contributed by atoms with van der Waals surface area (Å²) >= 11 is 0. The molecule has 2 amide bonds. The summed E-state index contributed by atoms with van der Waals surface area (Å²) in [6.45, 7) is 3.07. The van der Waals surface area contributed by atoms with Crippen molar-refractivity contribution in [2.24, 2.45) is 0 Å². The molecule has 1 aliphatic rings. The lowest BCUT2D eigenvalue weighted by atomic mass is 10.2. The second-order valence-corrected chi connectivity index (χ2v) is 8.67. The Morgan fingerprint density at radius 2 is 1.43 bits per heavy atom. The molecule has 0 bridgehead atoms. The number of nitrogens with zero attached hydrogens (tertiary/aromatic N) is 1. The van der Waals surface area contributed by atoms with E-state index in [0.29, 0.717) is 42.4 Å². The first-order valence-corrected chi connectivity index (χ1v) is 11.3. The molecule has 3 N–H and O–H groups in total. The van der Waals surface area contributed by atoms with Gasteiger partial charge >= 0.3 is 0 Å². The number of rotatable bonds is 7. The van der Waals surface area contributed by atoms with Gasteiger partial charge in [-0.25, -0.2) is 8.42 Å². The summed E-state index contributed by atoms with van der Waals surface area (Å²) in [5.41, 5.74) is 1.98. The Morgan fingerprint density at radius 1 is 0.900 bits per heavy atom. The number of sulfonamides is 1. The number of anilines is 3. The van der Waals surface area contributed by atoms with E-state index in [1.165, 1.54) is 24.3 Å². The van der Waals surface area contributed by atoms with Crippen LogP contribution in [0.25, 0.3) is 0 Å². The molecule has 0 aromatic heterocycles. The van der Waals surface area contributed by atoms with Crippen LogP contribution in [-0.4, -0.2) is 64.2 Å². The SMILES string of the molecule is CS(=O)(=O)Nc1ccc(C(=O)Nc2ccc(NC(=O)CN3CCOCC3)cc2)cc1. The van der Waals surface area contributed by atoms with Crippen molar-refractivity contribution in [2.45, 2.75) is 0 Å². The molecule has 1 heterocycles. The lowest BCUT2D eigenvalue weighted by molar-refractivity contribution is -0.118. The van der Waals surface area contributed by atoms with E-state index < -0.39 is 10.0 Å². The minimum Gasteiger partial charge on any atom is -0.379 e. The number of benzene rings is 2. The Labute approximate surface area is 175 Å². The maximum absolute atomic E-state index is 12.4. The van der Waals surface area contributed by atoms with E-state index in [9.17, 15) is 18.0 Å². The second kappa shape index (κ2) is 9.70. The minimum atomic E-state index is -3.37. The largest absolute Gasteiger partial charge is 0.379 e. The standard InChI is InChI=1S/C20H24N4O5S/c1-30(27,28)23-18-4-2-15(3-5-18)20(26)22-17-8-6-16(7-9-17)21-19(25)14-24-10-12-29-13-11-24/h2-9,23H,10-14H2,1H3,(H,21,25)(H,22,26). The Hall–Kier alpha value is -2.95. The van der Waals surface area contributed by atoms with Crippen molar-refractivity contribution >= 4 is 38.9 Å². The molecule has 0 spiro atoms. The Kier molecular flexibility index (Phi) is 7.03. The molecule has 1 fully saturated rings. The highest BCUT2D eigenvalue weighted by Gasteiger charge is 2.14. The number of carbonyl (C=O) groups excluding carboxylic acids is 2. The van der Waals surface area contributed by atoms with E-state index in [4.69, 9.17) is 4.74 Å². The summed E-state index contributed by atoms with van der Waals surface area (Å²) in [7, 11) is -3.37. The van der Waals surface area contributed by atoms with Gasteiger partial charge in [-0.05, 0) is 48.5 Å². The van der Waals surface area contributed by atoms with Crippen LogP contribution in [0.15, 0.2) is 48.5 Å². The number of morpholine rings is 1. The highest BCUT2D eigenvalue weighted by Crippen LogP contribution is 2.16. The van der Waals surface area contributed by atoms with Crippen LogP contribution in [0, 0.1) is 0 Å². The number of ether oxygens (including phenoxy) is 1. The molecule has 3 rings (SSSR count). The number of hydrogen-bond acceptors (Lipinski definition) is 6. The van der Waals surface area contributed by atoms with Crippen molar-refractivity contribution in [1.82, 2.24) is 4.90 Å². The quantitative estimate of drug-likeness (QED) is 0.612. The fourth-order valence-corrected chi connectivity index (χ4v) is 3.47. The topological polar surface area (TPSA) is 117 Å². The summed E-state index contributed by atoms with van der Waals surface area (Å²) < 4.78 is 30.1. The van der Waals surface area contributed by atoms with Crippen molar-refractivity contribution in [1.29, 1.82) is 0 Å². The van der Waals surface area contributed by atoms with Gasteiger partial charge in [-0.3, -0.25) is 19.2 Å². The van der Waals surface area contributed by atoms with Gasteiger partial charge in [0.25, 0.3) is 5.91 Å². The van der Waals surface area contributed by atoms with Crippen LogP contribution in [0.5, 0.6) is 0 Å². The second-order valence-electron chi connectivity index (χ2n) is 6.92. The molecule has 2 aromatic carbocycles. The number of nitrogens with one attached hydrogen (secondary N) is 3. The highest BCUT2D eigenvalue weighted by molar-refractivity contribution is 7.92. The van der Waals surface area contributed by atoms with Crippen molar-refractivity contribution < 1.29 is 22.7 Å². The van der Waals surface area contributed by atoms with Gasteiger partial charge in [-0.2, -0.15) is 0 Å². The number of carbonyl (C=O) groups is 2. The molecule has 0 radical (unpaired) electrons. The van der Waals surface area contributed by atoms with Gasteiger partial charge in [-0.1, -0.05) is 0 Å². The van der Waals surface area contributed by atoms with Crippen molar-refractivity contribution in [3.8, 4) is 0 Å². The Balaban J connectivity index is 1.52. The molecule has 0 atom stereocenters. The summed E-state index contributed by atoms with van der Waals surface area (Å²) in [6, 6.07) is 12.9. The zero-order valence-corrected chi connectivity index (χ0v) is 17.4. The van der Waals surface area contributed by atoms with E-state index in [2.05, 4.69) is 15.4 Å². The maximum Gasteiger partial charge on any atom is 0.255 e. The molecular weight excluding hydrogens is 408 g/mol. The first kappa shape index (κ1) is 21.8. The van der Waals surface area contributed by atoms with Gasteiger partial charge in [0, 0.05) is 35.7 Å². The smallest absolute Gasteiger partial charge is 0.255 e. The molecule has 0 aliphatic carbocycles. The normalized spacial score (nSPS) is 14.7. The van der Waals surface area contributed by atoms with Crippen molar-refractivity contribution in [2.75, 3.05) is 54.5 Å². The zero-order chi connectivity index (χ0) is 21.6. The molecule has 2 aromatic rings. The fourth-order valence-electron chi connectivity index (χ4n) is 2.91. The summed E-state index contributed by atoms with van der Waals surface area (Å²) in [5.74, 6) is -0.429. The molecule has 0 saturated carbocycles. The monoisotopic (exact) mass is 432 g/mol. The third-order valence-electron chi connectivity index (χ3n) is 4.35.